The van der Waals surface area contributed by atoms with Crippen LogP contribution >= 0.6 is 11.3 Å². The van der Waals surface area contributed by atoms with Crippen molar-refractivity contribution >= 4 is 44.8 Å². The quantitative estimate of drug-likeness (QED) is 0.128. The molecule has 0 aliphatic rings. The van der Waals surface area contributed by atoms with Gasteiger partial charge in [0, 0.05) is 44.1 Å². The number of nitrogens with zero attached hydrogens (tertiary/aromatic N) is 2. The van der Waals surface area contributed by atoms with Gasteiger partial charge in [-0.25, -0.2) is 4.39 Å². The van der Waals surface area contributed by atoms with Gasteiger partial charge in [-0.05, 0) is 56.3 Å². The monoisotopic (exact) mass is 816 g/mol. The Morgan fingerprint density at radius 1 is 0.804 bits per heavy atom. The Labute approximate surface area is 291 Å². The topological polar surface area (TPSA) is 25.8 Å². The number of halogens is 1. The molecule has 0 unspecified atom stereocenters. The molecule has 0 aliphatic heterocycles. The molecule has 0 saturated carbocycles. The average molecular weight is 816 g/mol. The number of thiophene rings is 1. The van der Waals surface area contributed by atoms with Gasteiger partial charge in [0.15, 0.2) is 0 Å². The maximum Gasteiger partial charge on any atom is 0.131 e. The number of rotatable bonds is 5. The Kier molecular flexibility index (Phi) is 10.0. The van der Waals surface area contributed by atoms with E-state index in [4.69, 9.17) is 1.37 Å². The van der Waals surface area contributed by atoms with Gasteiger partial charge in [-0.15, -0.1) is 59.7 Å². The van der Waals surface area contributed by atoms with Crippen LogP contribution in [0.4, 0.5) is 4.39 Å². The van der Waals surface area contributed by atoms with E-state index in [1.807, 2.05) is 74.6 Å². The molecular weight excluding hydrogens is 780 g/mol. The number of pyridine rings is 2. The van der Waals surface area contributed by atoms with E-state index in [0.717, 1.165) is 53.8 Å². The van der Waals surface area contributed by atoms with Crippen LogP contribution in [0.2, 0.25) is 19.6 Å². The summed E-state index contributed by atoms with van der Waals surface area (Å²) in [5, 5.41) is 3.68. The molecule has 0 aliphatic carbocycles. The third kappa shape index (κ3) is 7.27. The maximum absolute atomic E-state index is 14.3. The second kappa shape index (κ2) is 14.3. The first kappa shape index (κ1) is 32.1. The van der Waals surface area contributed by atoms with E-state index >= 15 is 0 Å². The summed E-state index contributed by atoms with van der Waals surface area (Å²) in [7, 11) is -1.23. The first-order chi connectivity index (χ1) is 22.0. The Hall–Kier alpha value is -3.80. The number of fused-ring (bicyclic) bond motifs is 3. The smallest absolute Gasteiger partial charge is 0.131 e. The Morgan fingerprint density at radius 3 is 2.30 bits per heavy atom. The fourth-order valence-corrected chi connectivity index (χ4v) is 7.50. The number of aromatic nitrogens is 2. The molecule has 233 valence electrons. The summed E-state index contributed by atoms with van der Waals surface area (Å²) in [6.45, 7) is 10.7. The second-order valence-electron chi connectivity index (χ2n) is 12.3. The summed E-state index contributed by atoms with van der Waals surface area (Å²) < 4.78 is 24.8. The molecule has 0 fully saturated rings. The predicted octanol–water partition coefficient (Wildman–Crippen LogP) is 10.9. The zero-order valence-corrected chi connectivity index (χ0v) is 30.7. The molecule has 4 aromatic carbocycles. The van der Waals surface area contributed by atoms with E-state index < -0.39 is 14.0 Å². The van der Waals surface area contributed by atoms with Crippen LogP contribution in [-0.2, 0) is 20.1 Å². The minimum absolute atomic E-state index is 0. The zero-order valence-electron chi connectivity index (χ0n) is 27.5. The van der Waals surface area contributed by atoms with E-state index in [1.54, 1.807) is 29.7 Å². The van der Waals surface area contributed by atoms with Crippen molar-refractivity contribution in [2.75, 3.05) is 0 Å². The van der Waals surface area contributed by atoms with Crippen molar-refractivity contribution in [3.8, 4) is 33.6 Å². The minimum Gasteiger partial charge on any atom is -0.305 e. The molecule has 0 spiro atoms. The first-order valence-corrected chi connectivity index (χ1v) is 19.3. The summed E-state index contributed by atoms with van der Waals surface area (Å²) in [6, 6.07) is 39.6. The van der Waals surface area contributed by atoms with Crippen molar-refractivity contribution in [2.24, 2.45) is 0 Å². The van der Waals surface area contributed by atoms with E-state index in [0.29, 0.717) is 5.56 Å². The van der Waals surface area contributed by atoms with Crippen LogP contribution in [0, 0.1) is 17.9 Å². The van der Waals surface area contributed by atoms with Gasteiger partial charge < -0.3 is 9.97 Å². The van der Waals surface area contributed by atoms with Gasteiger partial charge in [-0.1, -0.05) is 93.0 Å². The van der Waals surface area contributed by atoms with Gasteiger partial charge >= 0.3 is 0 Å². The minimum atomic E-state index is -1.23. The molecule has 6 heteroatoms. The van der Waals surface area contributed by atoms with Gasteiger partial charge in [0.2, 0.25) is 0 Å². The molecule has 7 aromatic rings. The molecule has 1 radical (unpaired) electrons. The number of hydrogen-bond acceptors (Lipinski definition) is 3. The summed E-state index contributed by atoms with van der Waals surface area (Å²) in [5.41, 5.74) is 6.21. The van der Waals surface area contributed by atoms with E-state index in [-0.39, 0.29) is 25.9 Å². The van der Waals surface area contributed by atoms with Crippen molar-refractivity contribution in [2.45, 2.75) is 39.4 Å². The van der Waals surface area contributed by atoms with Crippen molar-refractivity contribution in [1.29, 1.82) is 0 Å². The Bertz CT molecular complexity index is 2140. The third-order valence-corrected chi connectivity index (χ3v) is 11.0. The molecule has 3 aromatic heterocycles. The van der Waals surface area contributed by atoms with Crippen LogP contribution in [0.1, 0.15) is 26.7 Å². The first-order valence-electron chi connectivity index (χ1n) is 15.5. The van der Waals surface area contributed by atoms with E-state index in [9.17, 15) is 4.39 Å². The molecule has 0 amide bonds. The molecule has 3 heterocycles. The van der Waals surface area contributed by atoms with Crippen molar-refractivity contribution in [3.63, 3.8) is 0 Å². The molecule has 0 atom stereocenters. The van der Waals surface area contributed by atoms with Gasteiger partial charge in [-0.2, -0.15) is 11.3 Å². The van der Waals surface area contributed by atoms with Crippen LogP contribution in [0.3, 0.4) is 0 Å². The van der Waals surface area contributed by atoms with Crippen molar-refractivity contribution < 1.29 is 25.9 Å². The number of benzene rings is 4. The summed E-state index contributed by atoms with van der Waals surface area (Å²) >= 11 is 1.67. The second-order valence-corrected chi connectivity index (χ2v) is 18.4. The van der Waals surface area contributed by atoms with E-state index in [1.165, 1.54) is 11.3 Å². The summed E-state index contributed by atoms with van der Waals surface area (Å²) in [5.74, 6) is -0.911. The molecule has 0 N–H and O–H groups in total. The van der Waals surface area contributed by atoms with Gasteiger partial charge in [0.25, 0.3) is 0 Å². The normalized spacial score (nSPS) is 11.8. The Balaban J connectivity index is 0.000000217. The van der Waals surface area contributed by atoms with Gasteiger partial charge in [0.1, 0.15) is 5.82 Å². The average Bonchev–Trinajstić information content (AvgIpc) is 3.43. The molecule has 0 saturated heterocycles. The van der Waals surface area contributed by atoms with Crippen LogP contribution in [-0.4, -0.2) is 18.0 Å². The van der Waals surface area contributed by atoms with Crippen molar-refractivity contribution in [1.82, 2.24) is 9.97 Å². The summed E-state index contributed by atoms with van der Waals surface area (Å²) in [6.07, 6.45) is 3.78. The summed E-state index contributed by atoms with van der Waals surface area (Å²) in [4.78, 5) is 9.08. The fraction of sp³-hybridized carbons (Fsp3) is 0.150. The fourth-order valence-electron chi connectivity index (χ4n) is 5.22. The molecule has 0 bridgehead atoms. The van der Waals surface area contributed by atoms with E-state index in [2.05, 4.69) is 72.1 Å². The molecule has 46 heavy (non-hydrogen) atoms. The standard InChI is InChI=1S/C26H19FNS.C14H16NSi.Ir/c1-16(2)17-12-13-28-24(14-17)22-8-5-7-21-20-11-10-18(15-25(20)29-26(21)22)19-6-3-4-9-23(19)27;1-16(2,3)13-9-10-14(15-11-13)12-7-5-4-6-8-12;/h3-7,9-16H,1-2H3;4-7,9-11H,1-3H3;/q2*-1;/i16D;;. The van der Waals surface area contributed by atoms with Gasteiger partial charge in [0.05, 0.1) is 8.07 Å². The maximum atomic E-state index is 14.3. The van der Waals surface area contributed by atoms with Crippen LogP contribution in [0.5, 0.6) is 0 Å². The Morgan fingerprint density at radius 2 is 1.61 bits per heavy atom. The number of hydrogen-bond donors (Lipinski definition) is 0. The largest absolute Gasteiger partial charge is 0.305 e. The van der Waals surface area contributed by atoms with Crippen LogP contribution in [0.15, 0.2) is 116 Å². The van der Waals surface area contributed by atoms with Crippen molar-refractivity contribution in [3.05, 3.63) is 139 Å². The third-order valence-electron chi connectivity index (χ3n) is 7.83. The van der Waals surface area contributed by atoms with Crippen LogP contribution in [0.25, 0.3) is 53.8 Å². The SMILES string of the molecule is C[Si](C)(C)c1ccc(-c2[c-]cccc2)nc1.[2H]C(C)(C)c1ccnc(-c2[c-]ccc3c2sc2cc(-c4ccccc4F)ccc23)c1.[Ir]. The van der Waals surface area contributed by atoms with Gasteiger partial charge in [-0.3, -0.25) is 0 Å². The molecule has 2 nitrogen and oxygen atoms in total. The molecule has 7 rings (SSSR count). The zero-order chi connectivity index (χ0) is 32.5. The predicted molar refractivity (Wildman–Crippen MR) is 192 cm³/mol. The van der Waals surface area contributed by atoms with Crippen LogP contribution < -0.4 is 5.19 Å². The molecular formula is C40H35FIrN2SSi-2.